The summed E-state index contributed by atoms with van der Waals surface area (Å²) in [5.41, 5.74) is 4.13. The minimum Gasteiger partial charge on any atom is -0.493 e. The Bertz CT molecular complexity index is 1100. The van der Waals surface area contributed by atoms with Crippen LogP contribution in [-0.2, 0) is 19.5 Å². The van der Waals surface area contributed by atoms with Gasteiger partial charge >= 0.3 is 0 Å². The summed E-state index contributed by atoms with van der Waals surface area (Å²) in [6, 6.07) is 8.06. The third-order valence-electron chi connectivity index (χ3n) is 7.08. The summed E-state index contributed by atoms with van der Waals surface area (Å²) in [5, 5.41) is 6.39. The van der Waals surface area contributed by atoms with Crippen molar-refractivity contribution < 1.29 is 9.26 Å². The number of hydrogen-bond donors (Lipinski definition) is 0. The van der Waals surface area contributed by atoms with Crippen LogP contribution in [0.5, 0.6) is 5.75 Å². The lowest BCUT2D eigenvalue weighted by atomic mass is 9.91. The second kappa shape index (κ2) is 10.6. The number of pyridine rings is 1. The van der Waals surface area contributed by atoms with E-state index in [1.165, 1.54) is 25.7 Å². The summed E-state index contributed by atoms with van der Waals surface area (Å²) in [6.45, 7) is 4.67. The fourth-order valence-electron chi connectivity index (χ4n) is 4.90. The van der Waals surface area contributed by atoms with Crippen LogP contribution in [0.25, 0.3) is 11.0 Å². The van der Waals surface area contributed by atoms with Crippen molar-refractivity contribution in [3.8, 4) is 5.75 Å². The predicted molar refractivity (Wildman–Crippen MR) is 135 cm³/mol. The normalized spacial score (nSPS) is 17.6. The van der Waals surface area contributed by atoms with Crippen LogP contribution < -0.4 is 4.74 Å². The number of aryl methyl sites for hydroxylation is 1. The molecule has 0 atom stereocenters. The molecule has 1 aliphatic heterocycles. The molecular weight excluding hydrogens is 448 g/mol. The van der Waals surface area contributed by atoms with E-state index >= 15 is 0 Å². The van der Waals surface area contributed by atoms with E-state index in [1.54, 1.807) is 6.20 Å². The van der Waals surface area contributed by atoms with Crippen LogP contribution in [0.4, 0.5) is 0 Å². The van der Waals surface area contributed by atoms with Gasteiger partial charge in [0.15, 0.2) is 5.58 Å². The molecule has 3 aromatic rings. The first-order chi connectivity index (χ1) is 16.5. The van der Waals surface area contributed by atoms with Gasteiger partial charge < -0.3 is 14.2 Å². The van der Waals surface area contributed by atoms with Crippen LogP contribution >= 0.6 is 11.6 Å². The largest absolute Gasteiger partial charge is 0.493 e. The van der Waals surface area contributed by atoms with E-state index in [-0.39, 0.29) is 0 Å². The standard InChI is InChI=1S/C27H35ClN4O2/c1-31(2)17-24-26(33-18-20-3-4-20)8-6-23-25(30-34-27(23)24)7-5-19-10-13-32(14-11-19)16-22-15-21(28)9-12-29-22/h6,8-9,12,15,19-20H,3-5,7,10-11,13-14,16-18H2,1-2H3. The summed E-state index contributed by atoms with van der Waals surface area (Å²) >= 11 is 6.11. The van der Waals surface area contributed by atoms with Crippen molar-refractivity contribution in [2.45, 2.75) is 51.6 Å². The summed E-state index contributed by atoms with van der Waals surface area (Å²) < 4.78 is 12.1. The van der Waals surface area contributed by atoms with Crippen molar-refractivity contribution in [3.05, 3.63) is 52.4 Å². The third-order valence-corrected chi connectivity index (χ3v) is 7.32. The molecule has 0 radical (unpaired) electrons. The highest BCUT2D eigenvalue weighted by Crippen LogP contribution is 2.35. The van der Waals surface area contributed by atoms with Gasteiger partial charge in [-0.3, -0.25) is 9.88 Å². The van der Waals surface area contributed by atoms with Gasteiger partial charge in [0.2, 0.25) is 0 Å². The average Bonchev–Trinajstić information content (AvgIpc) is 3.56. The molecular formula is C27H35ClN4O2. The number of ether oxygens (including phenoxy) is 1. The van der Waals surface area contributed by atoms with Gasteiger partial charge in [0.1, 0.15) is 5.75 Å². The Kier molecular flexibility index (Phi) is 7.37. The number of aromatic nitrogens is 2. The maximum Gasteiger partial charge on any atom is 0.175 e. The van der Waals surface area contributed by atoms with Crippen LogP contribution in [0.1, 0.15) is 49.1 Å². The number of piperidine rings is 1. The predicted octanol–water partition coefficient (Wildman–Crippen LogP) is 5.57. The fraction of sp³-hybridized carbons (Fsp3) is 0.556. The van der Waals surface area contributed by atoms with Crippen LogP contribution in [-0.4, -0.2) is 53.7 Å². The van der Waals surface area contributed by atoms with Gasteiger partial charge in [0.05, 0.1) is 23.6 Å². The zero-order valence-corrected chi connectivity index (χ0v) is 21.1. The topological polar surface area (TPSA) is 54.6 Å². The van der Waals surface area contributed by atoms with Crippen LogP contribution in [0, 0.1) is 11.8 Å². The maximum atomic E-state index is 6.16. The molecule has 1 aliphatic carbocycles. The molecule has 2 aliphatic rings. The van der Waals surface area contributed by atoms with Gasteiger partial charge in [-0.15, -0.1) is 0 Å². The smallest absolute Gasteiger partial charge is 0.175 e. The maximum absolute atomic E-state index is 6.16. The van der Waals surface area contributed by atoms with Gasteiger partial charge in [-0.1, -0.05) is 16.8 Å². The Morgan fingerprint density at radius 1 is 1.12 bits per heavy atom. The highest BCUT2D eigenvalue weighted by Gasteiger charge is 2.24. The van der Waals surface area contributed by atoms with Crippen molar-refractivity contribution in [1.82, 2.24) is 19.9 Å². The van der Waals surface area contributed by atoms with Crippen molar-refractivity contribution >= 4 is 22.6 Å². The Hall–Kier alpha value is -2.15. The first-order valence-electron chi connectivity index (χ1n) is 12.6. The van der Waals surface area contributed by atoms with E-state index in [0.717, 1.165) is 96.2 Å². The second-order valence-corrected chi connectivity index (χ2v) is 10.7. The van der Waals surface area contributed by atoms with Gasteiger partial charge in [-0.25, -0.2) is 0 Å². The molecule has 3 heterocycles. The zero-order valence-electron chi connectivity index (χ0n) is 20.3. The van der Waals surface area contributed by atoms with E-state index in [0.29, 0.717) is 0 Å². The van der Waals surface area contributed by atoms with Crippen LogP contribution in [0.3, 0.4) is 0 Å². The Balaban J connectivity index is 1.19. The fourth-order valence-corrected chi connectivity index (χ4v) is 5.09. The Labute approximate surface area is 207 Å². The lowest BCUT2D eigenvalue weighted by molar-refractivity contribution is 0.170. The Morgan fingerprint density at radius 3 is 2.68 bits per heavy atom. The minimum absolute atomic E-state index is 0.720. The molecule has 0 spiro atoms. The van der Waals surface area contributed by atoms with E-state index in [9.17, 15) is 0 Å². The number of fused-ring (bicyclic) bond motifs is 1. The molecule has 2 aromatic heterocycles. The summed E-state index contributed by atoms with van der Waals surface area (Å²) in [6.07, 6.45) is 8.88. The van der Waals surface area contributed by atoms with Gasteiger partial charge in [0, 0.05) is 29.7 Å². The lowest BCUT2D eigenvalue weighted by Gasteiger charge is -2.31. The number of benzene rings is 1. The number of nitrogens with zero attached hydrogens (tertiary/aromatic N) is 4. The number of hydrogen-bond acceptors (Lipinski definition) is 6. The lowest BCUT2D eigenvalue weighted by Crippen LogP contribution is -2.33. The highest BCUT2D eigenvalue weighted by atomic mass is 35.5. The molecule has 182 valence electrons. The van der Waals surface area contributed by atoms with Gasteiger partial charge in [-0.2, -0.15) is 0 Å². The van der Waals surface area contributed by atoms with Crippen molar-refractivity contribution in [1.29, 1.82) is 0 Å². The van der Waals surface area contributed by atoms with E-state index < -0.39 is 0 Å². The number of likely N-dealkylation sites (tertiary alicyclic amines) is 1. The number of rotatable bonds is 10. The van der Waals surface area contributed by atoms with E-state index in [2.05, 4.69) is 46.2 Å². The van der Waals surface area contributed by atoms with E-state index in [4.69, 9.17) is 20.9 Å². The quantitative estimate of drug-likeness (QED) is 0.376. The Morgan fingerprint density at radius 2 is 1.94 bits per heavy atom. The molecule has 2 fully saturated rings. The van der Waals surface area contributed by atoms with Crippen molar-refractivity contribution in [2.75, 3.05) is 33.8 Å². The third kappa shape index (κ3) is 5.91. The molecule has 1 saturated heterocycles. The molecule has 0 bridgehead atoms. The molecule has 34 heavy (non-hydrogen) atoms. The minimum atomic E-state index is 0.720. The molecule has 5 rings (SSSR count). The summed E-state index contributed by atoms with van der Waals surface area (Å²) in [4.78, 5) is 9.09. The highest BCUT2D eigenvalue weighted by molar-refractivity contribution is 6.30. The average molecular weight is 483 g/mol. The zero-order chi connectivity index (χ0) is 23.5. The second-order valence-electron chi connectivity index (χ2n) is 10.3. The molecule has 0 N–H and O–H groups in total. The number of halogens is 1. The first-order valence-corrected chi connectivity index (χ1v) is 12.9. The monoisotopic (exact) mass is 482 g/mol. The molecule has 0 unspecified atom stereocenters. The summed E-state index contributed by atoms with van der Waals surface area (Å²) in [7, 11) is 4.16. The molecule has 1 saturated carbocycles. The summed E-state index contributed by atoms with van der Waals surface area (Å²) in [5.74, 6) is 2.39. The van der Waals surface area contributed by atoms with Crippen LogP contribution in [0.2, 0.25) is 5.02 Å². The molecule has 7 heteroatoms. The molecule has 1 aromatic carbocycles. The first kappa shape index (κ1) is 23.6. The van der Waals surface area contributed by atoms with Gasteiger partial charge in [0.25, 0.3) is 0 Å². The SMILES string of the molecule is CN(C)Cc1c(OCC2CC2)ccc2c(CCC3CCN(Cc4cc(Cl)ccn4)CC3)noc12. The molecule has 0 amide bonds. The molecule has 6 nitrogen and oxygen atoms in total. The van der Waals surface area contributed by atoms with Gasteiger partial charge in [-0.05, 0) is 102 Å². The van der Waals surface area contributed by atoms with Crippen LogP contribution in [0.15, 0.2) is 35.0 Å². The van der Waals surface area contributed by atoms with Crippen molar-refractivity contribution in [2.24, 2.45) is 11.8 Å². The van der Waals surface area contributed by atoms with Crippen molar-refractivity contribution in [3.63, 3.8) is 0 Å². The van der Waals surface area contributed by atoms with E-state index in [1.807, 2.05) is 12.1 Å².